The molecule has 0 radical (unpaired) electrons. The number of likely N-dealkylation sites (tertiary alicyclic amines) is 2. The maximum Gasteiger partial charge on any atom is 0.407 e. The summed E-state index contributed by atoms with van der Waals surface area (Å²) in [4.78, 5) is 61.5. The quantitative estimate of drug-likeness (QED) is 0.0718. The molecule has 6 aromatic rings. The van der Waals surface area contributed by atoms with Gasteiger partial charge in [0.2, 0.25) is 12.3 Å². The topological polar surface area (TPSA) is 196 Å². The van der Waals surface area contributed by atoms with Crippen LogP contribution < -0.4 is 15.4 Å². The van der Waals surface area contributed by atoms with Gasteiger partial charge in [-0.1, -0.05) is 74.0 Å². The summed E-state index contributed by atoms with van der Waals surface area (Å²) in [7, 11) is 4.29. The highest BCUT2D eigenvalue weighted by atomic mass is 35.5. The molecule has 16 nitrogen and oxygen atoms in total. The summed E-state index contributed by atoms with van der Waals surface area (Å²) in [5.41, 5.74) is 6.56. The van der Waals surface area contributed by atoms with Crippen LogP contribution >= 0.6 is 11.6 Å². The van der Waals surface area contributed by atoms with Crippen molar-refractivity contribution >= 4 is 51.3 Å². The van der Waals surface area contributed by atoms with Crippen LogP contribution in [0, 0.1) is 11.8 Å². The van der Waals surface area contributed by atoms with Crippen LogP contribution in [0.4, 0.5) is 4.79 Å². The molecule has 0 saturated carbocycles. The van der Waals surface area contributed by atoms with E-state index in [-0.39, 0.29) is 35.7 Å². The van der Waals surface area contributed by atoms with Gasteiger partial charge in [0, 0.05) is 49.2 Å². The van der Waals surface area contributed by atoms with Crippen molar-refractivity contribution in [2.75, 3.05) is 34.5 Å². The van der Waals surface area contributed by atoms with E-state index in [0.29, 0.717) is 48.4 Å². The Morgan fingerprint density at radius 2 is 1.73 bits per heavy atom. The van der Waals surface area contributed by atoms with E-state index in [1.807, 2.05) is 61.2 Å². The number of imidazole rings is 2. The minimum atomic E-state index is -1.26. The number of nitrogens with zero attached hydrogens (tertiary/aromatic N) is 4. The number of nitrogens with one attached hydrogen (secondary N) is 4. The average Bonchev–Trinajstić information content (AvgIpc) is 4.13. The van der Waals surface area contributed by atoms with Gasteiger partial charge < -0.3 is 49.1 Å². The molecule has 5 heterocycles. The largest absolute Gasteiger partial charge is 0.488 e. The second-order valence-electron chi connectivity index (χ2n) is 17.8. The summed E-state index contributed by atoms with van der Waals surface area (Å²) >= 11 is 6.93. The lowest BCUT2D eigenvalue weighted by atomic mass is 9.92. The number of aliphatic hydroxyl groups is 1. The van der Waals surface area contributed by atoms with Crippen molar-refractivity contribution in [3.8, 4) is 28.1 Å². The van der Waals surface area contributed by atoms with E-state index < -0.39 is 30.6 Å². The average molecular weight is 919 g/mol. The van der Waals surface area contributed by atoms with Crippen LogP contribution in [-0.2, 0) is 30.4 Å². The number of halogens is 1. The van der Waals surface area contributed by atoms with Crippen LogP contribution in [0.5, 0.6) is 5.75 Å². The Morgan fingerprint density at radius 3 is 2.47 bits per heavy atom. The number of methoxy groups -OCH3 is 3. The number of H-pyrrole nitrogens is 2. The molecule has 2 fully saturated rings. The van der Waals surface area contributed by atoms with Gasteiger partial charge >= 0.3 is 6.09 Å². The monoisotopic (exact) mass is 918 g/mol. The maximum atomic E-state index is 14.4. The number of aliphatic hydroxyl groups excluding tert-OH is 1. The molecule has 2 aromatic heterocycles. The predicted octanol–water partition coefficient (Wildman–Crippen LogP) is 7.54. The van der Waals surface area contributed by atoms with E-state index in [2.05, 4.69) is 45.7 Å². The molecule has 0 spiro atoms. The zero-order valence-corrected chi connectivity index (χ0v) is 38.5. The van der Waals surface area contributed by atoms with Gasteiger partial charge in [0.1, 0.15) is 40.9 Å². The number of hydrogen-bond donors (Lipinski definition) is 5. The van der Waals surface area contributed by atoms with Crippen LogP contribution in [0.25, 0.3) is 44.2 Å². The van der Waals surface area contributed by atoms with Crippen LogP contribution in [0.1, 0.15) is 80.9 Å². The predicted molar refractivity (Wildman–Crippen MR) is 248 cm³/mol. The number of aromatic nitrogens is 4. The van der Waals surface area contributed by atoms with Crippen molar-refractivity contribution in [2.24, 2.45) is 11.8 Å². The van der Waals surface area contributed by atoms with Gasteiger partial charge in [0.05, 0.1) is 42.9 Å². The van der Waals surface area contributed by atoms with Gasteiger partial charge in [-0.15, -0.1) is 0 Å². The molecular formula is C49H55ClN8O8. The van der Waals surface area contributed by atoms with Crippen molar-refractivity contribution in [1.82, 2.24) is 40.4 Å². The first-order valence-electron chi connectivity index (χ1n) is 22.3. The number of carbonyl (C=O) groups is 3. The molecule has 3 aliphatic rings. The molecule has 9 rings (SSSR count). The Hall–Kier alpha value is -6.04. The first kappa shape index (κ1) is 45.1. The summed E-state index contributed by atoms with van der Waals surface area (Å²) < 4.78 is 21.9. The van der Waals surface area contributed by atoms with E-state index in [4.69, 9.17) is 40.5 Å². The van der Waals surface area contributed by atoms with Gasteiger partial charge in [0.25, 0.3) is 5.91 Å². The van der Waals surface area contributed by atoms with Crippen molar-refractivity contribution in [3.63, 3.8) is 0 Å². The highest BCUT2D eigenvalue weighted by molar-refractivity contribution is 6.32. The molecule has 3 aliphatic heterocycles. The summed E-state index contributed by atoms with van der Waals surface area (Å²) in [5.74, 6) is 1.52. The summed E-state index contributed by atoms with van der Waals surface area (Å²) in [6, 6.07) is 21.1. The molecule has 5 N–H and O–H groups in total. The number of hydrogen-bond acceptors (Lipinski definition) is 11. The molecule has 346 valence electrons. The molecule has 0 bridgehead atoms. The fourth-order valence-corrected chi connectivity index (χ4v) is 10.2. The Morgan fingerprint density at radius 1 is 0.939 bits per heavy atom. The van der Waals surface area contributed by atoms with Gasteiger partial charge in [-0.25, -0.2) is 14.8 Å². The van der Waals surface area contributed by atoms with Crippen molar-refractivity contribution in [3.05, 3.63) is 101 Å². The van der Waals surface area contributed by atoms with Crippen LogP contribution in [0.15, 0.2) is 72.8 Å². The van der Waals surface area contributed by atoms with Crippen molar-refractivity contribution in [2.45, 2.75) is 83.3 Å². The smallest absolute Gasteiger partial charge is 0.407 e. The van der Waals surface area contributed by atoms with E-state index in [1.165, 1.54) is 14.2 Å². The maximum absolute atomic E-state index is 14.4. The molecule has 2 saturated heterocycles. The zero-order chi connectivity index (χ0) is 46.4. The second-order valence-corrected chi connectivity index (χ2v) is 18.2. The first-order valence-corrected chi connectivity index (χ1v) is 22.7. The normalized spacial score (nSPS) is 20.6. The Balaban J connectivity index is 0.988. The molecule has 4 aromatic carbocycles. The van der Waals surface area contributed by atoms with Gasteiger partial charge in [0.15, 0.2) is 0 Å². The highest BCUT2D eigenvalue weighted by Gasteiger charge is 2.43. The second kappa shape index (κ2) is 18.7. The Kier molecular flexibility index (Phi) is 12.8. The Labute approximate surface area is 387 Å². The van der Waals surface area contributed by atoms with Crippen molar-refractivity contribution < 1.29 is 38.4 Å². The third kappa shape index (κ3) is 8.47. The fraction of sp³-hybridized carbons (Fsp3) is 0.408. The zero-order valence-electron chi connectivity index (χ0n) is 37.8. The number of carbonyl (C=O) groups excluding carboxylic acids is 3. The minimum absolute atomic E-state index is 0.0130. The standard InChI is InChI=1S/C49H55ClN8O8/c1-25(2)39(54-48(61)64-5)47(60)58-26(3)12-17-36(58)44-51-35-16-14-29-20-34-32-15-13-30(19-31(32)24-66-38(34)21-33(29)42(35)53-44)40-43(50)56-45(52-40)37-18-27(23-63-4)22-57(37)46(59)41(55-49(62)65-6)28-10-8-7-9-11-28/h7-11,13-16,19-21,25-27,36-37,39,41,48,54,61H,12,17-18,22-24H2,1-6H3,(H,51,53)(H,52,56)(H,55,62). The fourth-order valence-electron chi connectivity index (χ4n) is 9.94. The molecular weight excluding hydrogens is 864 g/mol. The molecule has 7 unspecified atom stereocenters. The number of rotatable bonds is 13. The van der Waals surface area contributed by atoms with Crippen LogP contribution in [0.2, 0.25) is 5.15 Å². The highest BCUT2D eigenvalue weighted by Crippen LogP contribution is 2.45. The Bertz CT molecular complexity index is 2780. The van der Waals surface area contributed by atoms with Crippen LogP contribution in [-0.4, -0.2) is 106 Å². The lowest BCUT2D eigenvalue weighted by Gasteiger charge is -2.34. The van der Waals surface area contributed by atoms with E-state index in [9.17, 15) is 19.5 Å². The third-order valence-electron chi connectivity index (χ3n) is 13.2. The summed E-state index contributed by atoms with van der Waals surface area (Å²) in [6.45, 7) is 7.09. The first-order chi connectivity index (χ1) is 31.9. The van der Waals surface area contributed by atoms with Gasteiger partial charge in [-0.3, -0.25) is 14.9 Å². The molecule has 7 atom stereocenters. The number of amides is 3. The third-order valence-corrected chi connectivity index (χ3v) is 13.5. The van der Waals surface area contributed by atoms with Gasteiger partial charge in [-0.2, -0.15) is 0 Å². The number of aromatic amines is 2. The van der Waals surface area contributed by atoms with Crippen molar-refractivity contribution in [1.29, 1.82) is 0 Å². The minimum Gasteiger partial charge on any atom is -0.488 e. The van der Waals surface area contributed by atoms with Crippen LogP contribution in [0.3, 0.4) is 0 Å². The lowest BCUT2D eigenvalue weighted by Crippen LogP contribution is -2.54. The van der Waals surface area contributed by atoms with E-state index in [1.54, 1.807) is 24.1 Å². The molecule has 17 heteroatoms. The molecule has 3 amide bonds. The summed E-state index contributed by atoms with van der Waals surface area (Å²) in [6.07, 6.45) is 0.178. The molecule has 66 heavy (non-hydrogen) atoms. The number of alkyl carbamates (subject to hydrolysis) is 1. The van der Waals surface area contributed by atoms with E-state index >= 15 is 0 Å². The van der Waals surface area contributed by atoms with E-state index in [0.717, 1.165) is 68.5 Å². The summed E-state index contributed by atoms with van der Waals surface area (Å²) in [5, 5.41) is 18.1. The lowest BCUT2D eigenvalue weighted by molar-refractivity contribution is -0.146. The number of fused-ring (bicyclic) bond motifs is 6. The SMILES string of the molecule is COCC1CC(c2nc(-c3ccc4c(c3)COc3cc5c(ccc6[nH]c(C7CCC(C)N7C(=O)C(NC(O)OC)C(C)C)nc65)cc3-4)c(Cl)[nH]2)N(C(=O)C(NC(=O)OC)c2ccccc2)C1. The van der Waals surface area contributed by atoms with Gasteiger partial charge in [-0.05, 0) is 78.4 Å². The number of benzene rings is 4. The molecule has 0 aliphatic carbocycles. The number of ether oxygens (including phenoxy) is 4.